The van der Waals surface area contributed by atoms with Gasteiger partial charge in [0.05, 0.1) is 0 Å². The van der Waals surface area contributed by atoms with Crippen molar-refractivity contribution in [1.82, 2.24) is 4.90 Å². The summed E-state index contributed by atoms with van der Waals surface area (Å²) in [6, 6.07) is 0. The Bertz CT molecular complexity index is 442. The van der Waals surface area contributed by atoms with Gasteiger partial charge in [0, 0.05) is 31.3 Å². The van der Waals surface area contributed by atoms with Gasteiger partial charge in [-0.05, 0) is 13.0 Å². The normalized spacial score (nSPS) is 15.6. The molecule has 102 valence electrons. The van der Waals surface area contributed by atoms with Gasteiger partial charge in [0.2, 0.25) is 0 Å². The second kappa shape index (κ2) is 8.14. The maximum atomic E-state index is 10.1. The lowest BCUT2D eigenvalue weighted by molar-refractivity contribution is -0.107. The molecule has 0 saturated carbocycles. The molecule has 3 nitrogen and oxygen atoms in total. The third-order valence-electron chi connectivity index (χ3n) is 2.91. The zero-order chi connectivity index (χ0) is 14.1. The first-order chi connectivity index (χ1) is 9.15. The minimum Gasteiger partial charge on any atom is -0.489 e. The molecule has 19 heavy (non-hydrogen) atoms. The number of rotatable bonds is 7. The number of hydrogen-bond acceptors (Lipinski definition) is 3. The van der Waals surface area contributed by atoms with Crippen molar-refractivity contribution in [2.75, 3.05) is 20.2 Å². The molecule has 0 spiro atoms. The molecule has 1 heterocycles. The molecule has 0 amide bonds. The van der Waals surface area contributed by atoms with E-state index in [9.17, 15) is 4.79 Å². The molecule has 0 saturated heterocycles. The molecule has 1 aliphatic heterocycles. The molecule has 0 aromatic heterocycles. The fourth-order valence-corrected chi connectivity index (χ4v) is 1.60. The van der Waals surface area contributed by atoms with Crippen LogP contribution in [0.1, 0.15) is 13.3 Å². The molecule has 0 fully saturated rings. The zero-order valence-electron chi connectivity index (χ0n) is 11.6. The van der Waals surface area contributed by atoms with Crippen LogP contribution in [0.15, 0.2) is 60.1 Å². The van der Waals surface area contributed by atoms with Crippen LogP contribution in [0.25, 0.3) is 0 Å². The van der Waals surface area contributed by atoms with Crippen molar-refractivity contribution in [3.8, 4) is 0 Å². The third-order valence-corrected chi connectivity index (χ3v) is 2.91. The van der Waals surface area contributed by atoms with E-state index in [-0.39, 0.29) is 0 Å². The standard InChI is InChI=1S/C16H21NO2/c1-14(9-6-4-5-7-12-18)19-13-16-10-8-11-17(3)15(16)2/h4-6,8-10,12H,1,7,11,13H2,2-3H3/b5-4-,9-6-. The minimum absolute atomic E-state index is 0.431. The van der Waals surface area contributed by atoms with E-state index in [1.165, 1.54) is 11.3 Å². The molecule has 3 heteroatoms. The fraction of sp³-hybridized carbons (Fsp3) is 0.312. The highest BCUT2D eigenvalue weighted by Crippen LogP contribution is 2.15. The summed E-state index contributed by atoms with van der Waals surface area (Å²) in [6.07, 6.45) is 12.7. The van der Waals surface area contributed by atoms with Crippen LogP contribution in [-0.4, -0.2) is 31.4 Å². The van der Waals surface area contributed by atoms with Crippen molar-refractivity contribution in [2.45, 2.75) is 13.3 Å². The Morgan fingerprint density at radius 1 is 1.53 bits per heavy atom. The first kappa shape index (κ1) is 15.0. The first-order valence-electron chi connectivity index (χ1n) is 6.31. The quantitative estimate of drug-likeness (QED) is 0.400. The lowest BCUT2D eigenvalue weighted by Crippen LogP contribution is -2.21. The summed E-state index contributed by atoms with van der Waals surface area (Å²) >= 11 is 0. The summed E-state index contributed by atoms with van der Waals surface area (Å²) in [5.41, 5.74) is 2.39. The van der Waals surface area contributed by atoms with Crippen molar-refractivity contribution in [3.63, 3.8) is 0 Å². The van der Waals surface area contributed by atoms with Gasteiger partial charge in [0.25, 0.3) is 0 Å². The first-order valence-corrected chi connectivity index (χ1v) is 6.31. The van der Waals surface area contributed by atoms with Crippen LogP contribution < -0.4 is 0 Å². The number of hydrogen-bond donors (Lipinski definition) is 0. The van der Waals surface area contributed by atoms with Gasteiger partial charge in [0.1, 0.15) is 18.7 Å². The summed E-state index contributed by atoms with van der Waals surface area (Å²) < 4.78 is 5.59. The van der Waals surface area contributed by atoms with Gasteiger partial charge in [-0.1, -0.05) is 37.0 Å². The van der Waals surface area contributed by atoms with E-state index in [0.717, 1.165) is 12.8 Å². The predicted molar refractivity (Wildman–Crippen MR) is 78.5 cm³/mol. The number of nitrogens with zero attached hydrogens (tertiary/aromatic N) is 1. The maximum Gasteiger partial charge on any atom is 0.123 e. The summed E-state index contributed by atoms with van der Waals surface area (Å²) in [6.45, 7) is 7.38. The second-order valence-electron chi connectivity index (χ2n) is 4.34. The van der Waals surface area contributed by atoms with E-state index in [2.05, 4.69) is 37.6 Å². The van der Waals surface area contributed by atoms with Gasteiger partial charge in [-0.3, -0.25) is 0 Å². The van der Waals surface area contributed by atoms with Gasteiger partial charge in [-0.15, -0.1) is 0 Å². The average molecular weight is 259 g/mol. The van der Waals surface area contributed by atoms with E-state index in [4.69, 9.17) is 4.74 Å². The molecular weight excluding hydrogens is 238 g/mol. The summed E-state index contributed by atoms with van der Waals surface area (Å²) in [4.78, 5) is 12.3. The second-order valence-corrected chi connectivity index (χ2v) is 4.34. The van der Waals surface area contributed by atoms with E-state index in [0.29, 0.717) is 18.8 Å². The molecule has 0 radical (unpaired) electrons. The number of likely N-dealkylation sites (N-methyl/N-ethyl adjacent to an activating group) is 1. The van der Waals surface area contributed by atoms with Gasteiger partial charge in [-0.25, -0.2) is 0 Å². The van der Waals surface area contributed by atoms with Gasteiger partial charge < -0.3 is 14.4 Å². The lowest BCUT2D eigenvalue weighted by atomic mass is 10.1. The Hall–Kier alpha value is -2.03. The van der Waals surface area contributed by atoms with Gasteiger partial charge in [0.15, 0.2) is 0 Å². The highest BCUT2D eigenvalue weighted by Gasteiger charge is 2.08. The molecule has 0 bridgehead atoms. The molecule has 0 aromatic carbocycles. The third kappa shape index (κ3) is 5.42. The van der Waals surface area contributed by atoms with Crippen molar-refractivity contribution >= 4 is 6.29 Å². The van der Waals surface area contributed by atoms with E-state index >= 15 is 0 Å². The topological polar surface area (TPSA) is 29.5 Å². The molecule has 0 aromatic rings. The molecule has 1 rings (SSSR count). The zero-order valence-corrected chi connectivity index (χ0v) is 11.6. The number of allylic oxidation sites excluding steroid dienone is 5. The number of aldehydes is 1. The molecule has 1 aliphatic rings. The maximum absolute atomic E-state index is 10.1. The van der Waals surface area contributed by atoms with E-state index in [1.807, 2.05) is 12.2 Å². The van der Waals surface area contributed by atoms with E-state index < -0.39 is 0 Å². The van der Waals surface area contributed by atoms with Crippen molar-refractivity contribution in [2.24, 2.45) is 0 Å². The monoisotopic (exact) mass is 259 g/mol. The summed E-state index contributed by atoms with van der Waals surface area (Å²) in [5.74, 6) is 0.609. The van der Waals surface area contributed by atoms with Crippen LogP contribution in [0.4, 0.5) is 0 Å². The Kier molecular flexibility index (Phi) is 6.44. The van der Waals surface area contributed by atoms with Crippen LogP contribution in [0.2, 0.25) is 0 Å². The number of ether oxygens (including phenoxy) is 1. The van der Waals surface area contributed by atoms with Crippen molar-refractivity contribution in [1.29, 1.82) is 0 Å². The van der Waals surface area contributed by atoms with Crippen LogP contribution in [-0.2, 0) is 9.53 Å². The van der Waals surface area contributed by atoms with Gasteiger partial charge >= 0.3 is 0 Å². The SMILES string of the molecule is C=C(/C=C\C=C/CC=O)OCC1=C(C)N(C)CC=C1. The van der Waals surface area contributed by atoms with Crippen LogP contribution in [0, 0.1) is 0 Å². The molecular formula is C16H21NO2. The fourth-order valence-electron chi connectivity index (χ4n) is 1.60. The highest BCUT2D eigenvalue weighted by molar-refractivity contribution is 5.52. The molecule has 0 unspecified atom stereocenters. The smallest absolute Gasteiger partial charge is 0.123 e. The number of carbonyl (C=O) groups is 1. The summed E-state index contributed by atoms with van der Waals surface area (Å²) in [5, 5.41) is 0. The van der Waals surface area contributed by atoms with E-state index in [1.54, 1.807) is 12.2 Å². The summed E-state index contributed by atoms with van der Waals surface area (Å²) in [7, 11) is 2.06. The Morgan fingerprint density at radius 2 is 2.32 bits per heavy atom. The average Bonchev–Trinajstić information content (AvgIpc) is 2.40. The molecule has 0 aliphatic carbocycles. The van der Waals surface area contributed by atoms with Gasteiger partial charge in [-0.2, -0.15) is 0 Å². The molecule has 0 N–H and O–H groups in total. The van der Waals surface area contributed by atoms with Crippen LogP contribution >= 0.6 is 0 Å². The Balaban J connectivity index is 2.40. The van der Waals surface area contributed by atoms with Crippen LogP contribution in [0.5, 0.6) is 0 Å². The Labute approximate surface area is 115 Å². The lowest BCUT2D eigenvalue weighted by Gasteiger charge is -2.24. The van der Waals surface area contributed by atoms with Crippen LogP contribution in [0.3, 0.4) is 0 Å². The Morgan fingerprint density at radius 3 is 3.05 bits per heavy atom. The van der Waals surface area contributed by atoms with Crippen molar-refractivity contribution in [3.05, 3.63) is 60.1 Å². The predicted octanol–water partition coefficient (Wildman–Crippen LogP) is 2.99. The number of carbonyl (C=O) groups excluding carboxylic acids is 1. The van der Waals surface area contributed by atoms with Crippen molar-refractivity contribution < 1.29 is 9.53 Å². The minimum atomic E-state index is 0.431. The highest BCUT2D eigenvalue weighted by atomic mass is 16.5. The molecule has 0 atom stereocenters. The largest absolute Gasteiger partial charge is 0.489 e.